The molecule has 4 aliphatic rings. The summed E-state index contributed by atoms with van der Waals surface area (Å²) in [6.45, 7) is 0.175. The molecule has 4 saturated carbocycles. The Morgan fingerprint density at radius 2 is 1.71 bits per heavy atom. The van der Waals surface area contributed by atoms with Gasteiger partial charge in [-0.3, -0.25) is 9.79 Å². The first-order chi connectivity index (χ1) is 14.7. The number of carbonyl (C=O) groups is 1. The Morgan fingerprint density at radius 1 is 1.13 bits per heavy atom. The van der Waals surface area contributed by atoms with Crippen LogP contribution in [-0.4, -0.2) is 16.0 Å². The van der Waals surface area contributed by atoms with Crippen molar-refractivity contribution in [1.29, 1.82) is 0 Å². The fourth-order valence-corrected chi connectivity index (χ4v) is 7.15. The van der Waals surface area contributed by atoms with Crippen LogP contribution >= 0.6 is 11.3 Å². The summed E-state index contributed by atoms with van der Waals surface area (Å²) >= 11 is 1.49. The quantitative estimate of drug-likeness (QED) is 0.709. The summed E-state index contributed by atoms with van der Waals surface area (Å²) in [5.74, 6) is 2.19. The van der Waals surface area contributed by atoms with Gasteiger partial charge in [0.2, 0.25) is 0 Å². The molecule has 1 heterocycles. The number of hydrogen-bond acceptors (Lipinski definition) is 3. The minimum atomic E-state index is -4.36. The lowest BCUT2D eigenvalue weighted by Crippen LogP contribution is -2.50. The maximum absolute atomic E-state index is 12.7. The van der Waals surface area contributed by atoms with E-state index in [9.17, 15) is 18.0 Å². The molecule has 0 radical (unpaired) electrons. The van der Waals surface area contributed by atoms with E-state index in [-0.39, 0.29) is 18.0 Å². The van der Waals surface area contributed by atoms with Crippen molar-refractivity contribution < 1.29 is 18.0 Å². The highest BCUT2D eigenvalue weighted by Crippen LogP contribution is 2.57. The summed E-state index contributed by atoms with van der Waals surface area (Å²) in [5.41, 5.74) is 0.506. The number of aromatic nitrogens is 1. The minimum absolute atomic E-state index is 0.0470. The van der Waals surface area contributed by atoms with Crippen molar-refractivity contribution in [2.75, 3.05) is 0 Å². The Hall–Kier alpha value is -2.09. The van der Waals surface area contributed by atoms with Gasteiger partial charge in [-0.15, -0.1) is 11.3 Å². The van der Waals surface area contributed by atoms with E-state index in [0.29, 0.717) is 11.3 Å². The molecule has 4 fully saturated rings. The molecule has 1 aromatic carbocycles. The zero-order valence-corrected chi connectivity index (χ0v) is 18.2. The van der Waals surface area contributed by atoms with Crippen molar-refractivity contribution in [1.82, 2.24) is 9.88 Å². The number of benzene rings is 1. The van der Waals surface area contributed by atoms with Crippen LogP contribution in [0.2, 0.25) is 0 Å². The fourth-order valence-electron chi connectivity index (χ4n) is 6.17. The number of nitrogens with one attached hydrogen (secondary N) is 1. The molecule has 1 N–H and O–H groups in total. The van der Waals surface area contributed by atoms with Crippen LogP contribution < -0.4 is 10.1 Å². The van der Waals surface area contributed by atoms with Crippen LogP contribution in [0.15, 0.2) is 34.6 Å². The number of hydrogen-bond donors (Lipinski definition) is 1. The molecule has 4 bridgehead atoms. The molecule has 4 aliphatic carbocycles. The Balaban J connectivity index is 1.29. The average Bonchev–Trinajstić information content (AvgIpc) is 3.04. The largest absolute Gasteiger partial charge is 0.416 e. The van der Waals surface area contributed by atoms with E-state index in [1.807, 2.05) is 17.0 Å². The summed E-state index contributed by atoms with van der Waals surface area (Å²) < 4.78 is 39.9. The summed E-state index contributed by atoms with van der Waals surface area (Å²) in [6.07, 6.45) is 3.25. The second-order valence-corrected chi connectivity index (χ2v) is 10.4. The van der Waals surface area contributed by atoms with Gasteiger partial charge in [0.25, 0.3) is 5.91 Å². The van der Waals surface area contributed by atoms with Crippen molar-refractivity contribution in [2.24, 2.45) is 29.8 Å². The smallest absolute Gasteiger partial charge is 0.347 e. The standard InChI is InChI=1S/C23H26F3N3OS/c1-29-19(20(30)27-12-14-2-4-18(5-3-14)23(24,25)26)13-31-21(29)28-22-9-15-6-16(10-22)8-17(7-15)11-22/h2-5,13,15-17H,6-12H2,1H3,(H,27,30). The maximum atomic E-state index is 12.7. The van der Waals surface area contributed by atoms with Crippen molar-refractivity contribution in [3.05, 3.63) is 51.3 Å². The normalized spacial score (nSPS) is 30.1. The summed E-state index contributed by atoms with van der Waals surface area (Å²) in [7, 11) is 1.86. The van der Waals surface area contributed by atoms with Crippen LogP contribution in [0.4, 0.5) is 13.2 Å². The summed E-state index contributed by atoms with van der Waals surface area (Å²) in [5, 5.41) is 4.63. The van der Waals surface area contributed by atoms with Gasteiger partial charge in [0.15, 0.2) is 4.80 Å². The molecule has 0 unspecified atom stereocenters. The molecule has 166 valence electrons. The number of halogens is 3. The van der Waals surface area contributed by atoms with Crippen LogP contribution in [0.1, 0.15) is 60.1 Å². The highest BCUT2D eigenvalue weighted by Gasteiger charge is 2.51. The van der Waals surface area contributed by atoms with Gasteiger partial charge in [0.1, 0.15) is 5.69 Å². The topological polar surface area (TPSA) is 46.4 Å². The summed E-state index contributed by atoms with van der Waals surface area (Å²) in [4.78, 5) is 18.8. The van der Waals surface area contributed by atoms with Crippen LogP contribution in [0, 0.1) is 17.8 Å². The number of carbonyl (C=O) groups excluding carboxylic acids is 1. The molecule has 0 spiro atoms. The highest BCUT2D eigenvalue weighted by atomic mass is 32.1. The van der Waals surface area contributed by atoms with E-state index in [1.54, 1.807) is 0 Å². The third-order valence-corrected chi connectivity index (χ3v) is 8.15. The average molecular weight is 450 g/mol. The first-order valence-electron chi connectivity index (χ1n) is 10.9. The molecule has 0 saturated heterocycles. The van der Waals surface area contributed by atoms with Gasteiger partial charge in [-0.2, -0.15) is 13.2 Å². The molecule has 2 aromatic rings. The number of amides is 1. The monoisotopic (exact) mass is 449 g/mol. The number of nitrogens with zero attached hydrogens (tertiary/aromatic N) is 2. The lowest BCUT2D eigenvalue weighted by atomic mass is 9.53. The third-order valence-electron chi connectivity index (χ3n) is 7.23. The van der Waals surface area contributed by atoms with Crippen molar-refractivity contribution in [2.45, 2.75) is 56.8 Å². The van der Waals surface area contributed by atoms with E-state index in [0.717, 1.165) is 34.7 Å². The molecular weight excluding hydrogens is 423 g/mol. The molecule has 0 atom stereocenters. The fraction of sp³-hybridized carbons (Fsp3) is 0.565. The Labute approximate surface area is 183 Å². The molecule has 31 heavy (non-hydrogen) atoms. The maximum Gasteiger partial charge on any atom is 0.416 e. The van der Waals surface area contributed by atoms with Gasteiger partial charge in [-0.25, -0.2) is 0 Å². The molecule has 8 heteroatoms. The van der Waals surface area contributed by atoms with Crippen LogP contribution in [-0.2, 0) is 19.8 Å². The number of alkyl halides is 3. The van der Waals surface area contributed by atoms with Gasteiger partial charge in [0.05, 0.1) is 11.1 Å². The zero-order chi connectivity index (χ0) is 21.8. The SMILES string of the molecule is Cn1c(C(=O)NCc2ccc(C(F)(F)F)cc2)csc1=NC12CC3CC(CC(C3)C1)C2. The second-order valence-electron chi connectivity index (χ2n) is 9.59. The first kappa shape index (κ1) is 20.8. The van der Waals surface area contributed by atoms with Crippen molar-refractivity contribution >= 4 is 17.2 Å². The summed E-state index contributed by atoms with van der Waals surface area (Å²) in [6, 6.07) is 4.86. The highest BCUT2D eigenvalue weighted by molar-refractivity contribution is 7.07. The van der Waals surface area contributed by atoms with Crippen molar-refractivity contribution in [3.63, 3.8) is 0 Å². The van der Waals surface area contributed by atoms with Crippen LogP contribution in [0.3, 0.4) is 0 Å². The van der Waals surface area contributed by atoms with E-state index >= 15 is 0 Å². The van der Waals surface area contributed by atoms with Gasteiger partial charge in [-0.05, 0) is 74.0 Å². The molecule has 1 amide bonds. The molecule has 6 rings (SSSR count). The Kier molecular flexibility index (Phi) is 5.03. The molecule has 1 aromatic heterocycles. The van der Waals surface area contributed by atoms with Gasteiger partial charge < -0.3 is 9.88 Å². The van der Waals surface area contributed by atoms with E-state index < -0.39 is 11.7 Å². The predicted octanol–water partition coefficient (Wildman–Crippen LogP) is 4.90. The lowest BCUT2D eigenvalue weighted by Gasteiger charge is -2.54. The molecule has 0 aliphatic heterocycles. The predicted molar refractivity (Wildman–Crippen MR) is 112 cm³/mol. The van der Waals surface area contributed by atoms with Crippen LogP contribution in [0.25, 0.3) is 0 Å². The number of rotatable bonds is 4. The van der Waals surface area contributed by atoms with Gasteiger partial charge >= 0.3 is 6.18 Å². The van der Waals surface area contributed by atoms with E-state index in [2.05, 4.69) is 5.32 Å². The Morgan fingerprint density at radius 3 is 2.26 bits per heavy atom. The lowest BCUT2D eigenvalue weighted by molar-refractivity contribution is -0.137. The van der Waals surface area contributed by atoms with Crippen molar-refractivity contribution in [3.8, 4) is 0 Å². The van der Waals surface area contributed by atoms with Gasteiger partial charge in [-0.1, -0.05) is 12.1 Å². The first-order valence-corrected chi connectivity index (χ1v) is 11.7. The van der Waals surface area contributed by atoms with E-state index in [4.69, 9.17) is 4.99 Å². The second kappa shape index (κ2) is 7.50. The molecular formula is C23H26F3N3OS. The minimum Gasteiger partial charge on any atom is -0.347 e. The zero-order valence-electron chi connectivity index (χ0n) is 17.4. The number of thiazole rings is 1. The van der Waals surface area contributed by atoms with Gasteiger partial charge in [0, 0.05) is 19.0 Å². The Bertz CT molecular complexity index is 1020. The van der Waals surface area contributed by atoms with Crippen LogP contribution in [0.5, 0.6) is 0 Å². The third kappa shape index (κ3) is 4.06. The van der Waals surface area contributed by atoms with E-state index in [1.165, 1.54) is 62.0 Å². The molecule has 4 nitrogen and oxygen atoms in total.